The predicted molar refractivity (Wildman–Crippen MR) is 51.7 cm³/mol. The van der Waals surface area contributed by atoms with Crippen molar-refractivity contribution in [1.29, 1.82) is 0 Å². The fourth-order valence-corrected chi connectivity index (χ4v) is 2.20. The number of hydrogen-bond acceptors (Lipinski definition) is 4. The summed E-state index contributed by atoms with van der Waals surface area (Å²) >= 11 is 0. The maximum Gasteiger partial charge on any atom is 0.107 e. The van der Waals surface area contributed by atoms with Gasteiger partial charge in [0.1, 0.15) is 6.23 Å². The second-order valence-corrected chi connectivity index (χ2v) is 3.93. The number of rotatable bonds is 1. The molecule has 2 aliphatic rings. The molecule has 4 nitrogen and oxygen atoms in total. The largest absolute Gasteiger partial charge is 0.378 e. The molecule has 1 saturated heterocycles. The minimum absolute atomic E-state index is 0.0755. The lowest BCUT2D eigenvalue weighted by Crippen LogP contribution is -2.46. The lowest BCUT2D eigenvalue weighted by Gasteiger charge is -2.32. The molecule has 3 atom stereocenters. The number of aliphatic hydroxyl groups is 1. The minimum atomic E-state index is -0.259. The van der Waals surface area contributed by atoms with Gasteiger partial charge in [0.2, 0.25) is 0 Å². The van der Waals surface area contributed by atoms with Crippen LogP contribution in [0.4, 0.5) is 0 Å². The zero-order valence-corrected chi connectivity index (χ0v) is 7.76. The smallest absolute Gasteiger partial charge is 0.107 e. The SMILES string of the molecule is NC1C=NCC(N2CCCC2O)C1. The molecule has 0 aromatic rings. The first-order valence-corrected chi connectivity index (χ1v) is 4.96. The molecular weight excluding hydrogens is 166 g/mol. The van der Waals surface area contributed by atoms with Gasteiger partial charge in [0.15, 0.2) is 0 Å². The molecule has 3 N–H and O–H groups in total. The van der Waals surface area contributed by atoms with Crippen LogP contribution in [0.1, 0.15) is 19.3 Å². The summed E-state index contributed by atoms with van der Waals surface area (Å²) in [6.07, 6.45) is 4.48. The molecule has 0 spiro atoms. The van der Waals surface area contributed by atoms with Crippen LogP contribution in [0, 0.1) is 0 Å². The second kappa shape index (κ2) is 3.74. The summed E-state index contributed by atoms with van der Waals surface area (Å²) in [7, 11) is 0. The summed E-state index contributed by atoms with van der Waals surface area (Å²) in [4.78, 5) is 6.35. The highest BCUT2D eigenvalue weighted by molar-refractivity contribution is 5.65. The van der Waals surface area contributed by atoms with Crippen molar-refractivity contribution in [1.82, 2.24) is 4.90 Å². The van der Waals surface area contributed by atoms with Gasteiger partial charge < -0.3 is 10.8 Å². The van der Waals surface area contributed by atoms with Gasteiger partial charge in [-0.3, -0.25) is 9.89 Å². The van der Waals surface area contributed by atoms with E-state index < -0.39 is 0 Å². The van der Waals surface area contributed by atoms with E-state index in [1.54, 1.807) is 0 Å². The van der Waals surface area contributed by atoms with E-state index in [4.69, 9.17) is 5.73 Å². The van der Waals surface area contributed by atoms with Crippen LogP contribution in [0.15, 0.2) is 4.99 Å². The van der Waals surface area contributed by atoms with Crippen molar-refractivity contribution in [2.45, 2.75) is 37.6 Å². The Balaban J connectivity index is 1.96. The van der Waals surface area contributed by atoms with Gasteiger partial charge in [-0.05, 0) is 19.3 Å². The summed E-state index contributed by atoms with van der Waals surface area (Å²) < 4.78 is 0. The van der Waals surface area contributed by atoms with Gasteiger partial charge in [0.25, 0.3) is 0 Å². The van der Waals surface area contributed by atoms with Crippen molar-refractivity contribution in [3.8, 4) is 0 Å². The molecule has 0 aromatic heterocycles. The van der Waals surface area contributed by atoms with Crippen LogP contribution in [0.25, 0.3) is 0 Å². The van der Waals surface area contributed by atoms with Gasteiger partial charge in [-0.1, -0.05) is 0 Å². The summed E-state index contributed by atoms with van der Waals surface area (Å²) in [5.41, 5.74) is 5.78. The molecule has 4 heteroatoms. The highest BCUT2D eigenvalue weighted by atomic mass is 16.3. The lowest BCUT2D eigenvalue weighted by atomic mass is 10.0. The Labute approximate surface area is 78.4 Å². The van der Waals surface area contributed by atoms with Crippen molar-refractivity contribution in [3.05, 3.63) is 0 Å². The van der Waals surface area contributed by atoms with E-state index in [1.165, 1.54) is 0 Å². The molecule has 0 radical (unpaired) electrons. The molecule has 0 saturated carbocycles. The zero-order chi connectivity index (χ0) is 9.26. The first-order valence-electron chi connectivity index (χ1n) is 4.96. The van der Waals surface area contributed by atoms with E-state index in [0.29, 0.717) is 6.04 Å². The van der Waals surface area contributed by atoms with Crippen molar-refractivity contribution in [2.24, 2.45) is 10.7 Å². The number of aliphatic imine (C=N–C) groups is 1. The Kier molecular flexibility index (Phi) is 2.62. The van der Waals surface area contributed by atoms with Crippen LogP contribution in [0.2, 0.25) is 0 Å². The third-order valence-corrected chi connectivity index (χ3v) is 2.89. The fraction of sp³-hybridized carbons (Fsp3) is 0.889. The maximum atomic E-state index is 9.66. The van der Waals surface area contributed by atoms with Crippen LogP contribution in [0.3, 0.4) is 0 Å². The number of aliphatic hydroxyl groups excluding tert-OH is 1. The van der Waals surface area contributed by atoms with Gasteiger partial charge in [0.05, 0.1) is 6.54 Å². The van der Waals surface area contributed by atoms with Gasteiger partial charge in [-0.25, -0.2) is 0 Å². The molecule has 2 heterocycles. The van der Waals surface area contributed by atoms with Crippen LogP contribution in [-0.2, 0) is 0 Å². The lowest BCUT2D eigenvalue weighted by molar-refractivity contribution is 0.00732. The van der Waals surface area contributed by atoms with Gasteiger partial charge >= 0.3 is 0 Å². The standard InChI is InChI=1S/C9H17N3O/c10-7-4-8(6-11-5-7)12-3-1-2-9(12)13/h5,7-9,13H,1-4,6,10H2. The molecule has 0 aromatic carbocycles. The Morgan fingerprint density at radius 1 is 1.54 bits per heavy atom. The molecule has 0 aliphatic carbocycles. The van der Waals surface area contributed by atoms with Gasteiger partial charge in [-0.2, -0.15) is 0 Å². The normalized spacial score (nSPS) is 41.2. The molecule has 1 fully saturated rings. The topological polar surface area (TPSA) is 61.8 Å². The monoisotopic (exact) mass is 183 g/mol. The predicted octanol–water partition coefficient (Wildman–Crippen LogP) is -0.429. The number of likely N-dealkylation sites (tertiary alicyclic amines) is 1. The Hall–Kier alpha value is -0.450. The zero-order valence-electron chi connectivity index (χ0n) is 7.76. The van der Waals surface area contributed by atoms with Crippen LogP contribution in [-0.4, -0.2) is 47.6 Å². The molecular formula is C9H17N3O. The maximum absolute atomic E-state index is 9.66. The molecule has 3 unspecified atom stereocenters. The Bertz CT molecular complexity index is 207. The third kappa shape index (κ3) is 1.90. The second-order valence-electron chi connectivity index (χ2n) is 3.93. The quantitative estimate of drug-likeness (QED) is 0.580. The van der Waals surface area contributed by atoms with Crippen molar-refractivity contribution in [3.63, 3.8) is 0 Å². The van der Waals surface area contributed by atoms with E-state index in [-0.39, 0.29) is 12.3 Å². The molecule has 0 amide bonds. The molecule has 2 rings (SSSR count). The third-order valence-electron chi connectivity index (χ3n) is 2.89. The van der Waals surface area contributed by atoms with E-state index >= 15 is 0 Å². The van der Waals surface area contributed by atoms with Crippen molar-refractivity contribution in [2.75, 3.05) is 13.1 Å². The summed E-state index contributed by atoms with van der Waals surface area (Å²) in [5, 5.41) is 9.66. The summed E-state index contributed by atoms with van der Waals surface area (Å²) in [6.45, 7) is 1.79. The highest BCUT2D eigenvalue weighted by Crippen LogP contribution is 2.21. The summed E-state index contributed by atoms with van der Waals surface area (Å²) in [6, 6.07) is 0.434. The van der Waals surface area contributed by atoms with Crippen molar-refractivity contribution >= 4 is 6.21 Å². The highest BCUT2D eigenvalue weighted by Gasteiger charge is 2.30. The number of nitrogens with two attached hydrogens (primary N) is 1. The molecule has 0 bridgehead atoms. The van der Waals surface area contributed by atoms with Crippen LogP contribution < -0.4 is 5.73 Å². The first-order chi connectivity index (χ1) is 6.27. The summed E-state index contributed by atoms with van der Waals surface area (Å²) in [5.74, 6) is 0. The van der Waals surface area contributed by atoms with E-state index in [0.717, 1.165) is 32.4 Å². The molecule has 74 valence electrons. The fourth-order valence-electron chi connectivity index (χ4n) is 2.20. The first kappa shape index (κ1) is 9.12. The molecule has 2 aliphatic heterocycles. The van der Waals surface area contributed by atoms with E-state index in [2.05, 4.69) is 9.89 Å². The average molecular weight is 183 g/mol. The van der Waals surface area contributed by atoms with Crippen LogP contribution in [0.5, 0.6) is 0 Å². The Morgan fingerprint density at radius 2 is 2.38 bits per heavy atom. The van der Waals surface area contributed by atoms with Gasteiger partial charge in [0, 0.05) is 24.8 Å². The number of hydrogen-bond donors (Lipinski definition) is 2. The number of nitrogens with zero attached hydrogens (tertiary/aromatic N) is 2. The van der Waals surface area contributed by atoms with E-state index in [9.17, 15) is 5.11 Å². The Morgan fingerprint density at radius 3 is 3.00 bits per heavy atom. The van der Waals surface area contributed by atoms with Crippen LogP contribution >= 0.6 is 0 Å². The molecule has 13 heavy (non-hydrogen) atoms. The average Bonchev–Trinajstić information content (AvgIpc) is 2.51. The minimum Gasteiger partial charge on any atom is -0.378 e. The van der Waals surface area contributed by atoms with Crippen molar-refractivity contribution < 1.29 is 5.11 Å². The van der Waals surface area contributed by atoms with E-state index in [1.807, 2.05) is 6.21 Å². The van der Waals surface area contributed by atoms with Gasteiger partial charge in [-0.15, -0.1) is 0 Å².